The number of pyridine rings is 1. The number of benzene rings is 2. The van der Waals surface area contributed by atoms with Gasteiger partial charge in [-0.1, -0.05) is 35.5 Å². The largest absolute Gasteiger partial charge is 0.496 e. The first kappa shape index (κ1) is 18.7. The Balaban J connectivity index is 1.45. The molecule has 1 aliphatic rings. The van der Waals surface area contributed by atoms with Crippen LogP contribution in [-0.4, -0.2) is 44.9 Å². The third kappa shape index (κ3) is 3.42. The zero-order chi connectivity index (χ0) is 20.5. The molecule has 0 bridgehead atoms. The number of aliphatic hydroxyl groups excluding tert-OH is 1. The van der Waals surface area contributed by atoms with Crippen LogP contribution in [0.2, 0.25) is 0 Å². The molecule has 3 heterocycles. The number of methoxy groups -OCH3 is 1. The predicted octanol–water partition coefficient (Wildman–Crippen LogP) is 3.60. The van der Waals surface area contributed by atoms with E-state index in [1.165, 1.54) is 5.56 Å². The van der Waals surface area contributed by atoms with Crippen molar-refractivity contribution in [3.05, 3.63) is 72.4 Å². The lowest BCUT2D eigenvalue weighted by Crippen LogP contribution is -2.24. The summed E-state index contributed by atoms with van der Waals surface area (Å²) in [5.74, 6) is 1.91. The van der Waals surface area contributed by atoms with Gasteiger partial charge in [0.15, 0.2) is 0 Å². The minimum Gasteiger partial charge on any atom is -0.496 e. The minimum atomic E-state index is -0.434. The summed E-state index contributed by atoms with van der Waals surface area (Å²) in [4.78, 5) is 10.8. The summed E-state index contributed by atoms with van der Waals surface area (Å²) in [6, 6.07) is 15.8. The van der Waals surface area contributed by atoms with E-state index < -0.39 is 6.10 Å². The van der Waals surface area contributed by atoms with Crippen molar-refractivity contribution in [3.8, 4) is 17.1 Å². The number of aromatic nitrogens is 3. The lowest BCUT2D eigenvalue weighted by molar-refractivity contribution is 0.169. The van der Waals surface area contributed by atoms with Gasteiger partial charge in [-0.15, -0.1) is 0 Å². The molecule has 4 aromatic rings. The maximum atomic E-state index is 10.4. The molecule has 2 aromatic carbocycles. The predicted molar refractivity (Wildman–Crippen MR) is 112 cm³/mol. The molecule has 1 fully saturated rings. The Hall–Kier alpha value is -3.29. The fourth-order valence-corrected chi connectivity index (χ4v) is 4.17. The molecule has 0 aliphatic carbocycles. The first-order valence-electron chi connectivity index (χ1n) is 9.93. The van der Waals surface area contributed by atoms with Crippen molar-refractivity contribution in [2.45, 2.75) is 25.1 Å². The van der Waals surface area contributed by atoms with Crippen molar-refractivity contribution in [1.29, 1.82) is 0 Å². The second kappa shape index (κ2) is 7.85. The zero-order valence-corrected chi connectivity index (χ0v) is 16.6. The molecule has 2 aromatic heterocycles. The van der Waals surface area contributed by atoms with Crippen molar-refractivity contribution < 1.29 is 14.4 Å². The number of β-amino-alcohol motifs (C(OH)–C–C–N with tert-alkyl or cyclic N) is 1. The lowest BCUT2D eigenvalue weighted by atomic mass is 10.0. The molecule has 152 valence electrons. The summed E-state index contributed by atoms with van der Waals surface area (Å²) >= 11 is 0. The summed E-state index contributed by atoms with van der Waals surface area (Å²) in [6.45, 7) is 1.22. The van der Waals surface area contributed by atoms with E-state index in [1.54, 1.807) is 19.5 Å². The molecule has 2 atom stereocenters. The maximum Gasteiger partial charge on any atom is 0.244 e. The Kier molecular flexibility index (Phi) is 4.90. The van der Waals surface area contributed by atoms with Crippen molar-refractivity contribution in [2.75, 3.05) is 13.7 Å². The summed E-state index contributed by atoms with van der Waals surface area (Å²) in [5.41, 5.74) is 2.02. The molecule has 5 rings (SSSR count). The van der Waals surface area contributed by atoms with Gasteiger partial charge in [0.05, 0.1) is 19.3 Å². The van der Waals surface area contributed by atoms with Crippen molar-refractivity contribution in [1.82, 2.24) is 20.0 Å². The first-order chi connectivity index (χ1) is 14.7. The standard InChI is InChI=1S/C23H22N4O3/c1-29-21-7-6-16(18-4-2-3-5-19(18)21)13-27-14-17(28)12-20(27)23-25-22(26-30-23)15-8-10-24-11-9-15/h2-11,17,20,28H,12-14H2,1H3/t17-,20+/m1/s1. The van der Waals surface area contributed by atoms with Crippen LogP contribution >= 0.6 is 0 Å². The van der Waals surface area contributed by atoms with Gasteiger partial charge in [0.25, 0.3) is 0 Å². The fraction of sp³-hybridized carbons (Fsp3) is 0.261. The van der Waals surface area contributed by atoms with Gasteiger partial charge in [-0.2, -0.15) is 4.98 Å². The van der Waals surface area contributed by atoms with Crippen molar-refractivity contribution >= 4 is 10.8 Å². The Morgan fingerprint density at radius 3 is 2.70 bits per heavy atom. The van der Waals surface area contributed by atoms with E-state index in [-0.39, 0.29) is 6.04 Å². The van der Waals surface area contributed by atoms with E-state index in [0.29, 0.717) is 31.2 Å². The molecule has 7 nitrogen and oxygen atoms in total. The van der Waals surface area contributed by atoms with Crippen LogP contribution in [0.4, 0.5) is 0 Å². The molecule has 0 unspecified atom stereocenters. The number of ether oxygens (including phenoxy) is 1. The van der Waals surface area contributed by atoms with E-state index in [4.69, 9.17) is 9.26 Å². The smallest absolute Gasteiger partial charge is 0.244 e. The first-order valence-corrected chi connectivity index (χ1v) is 9.93. The molecule has 30 heavy (non-hydrogen) atoms. The van der Waals surface area contributed by atoms with Crippen LogP contribution in [-0.2, 0) is 6.54 Å². The molecule has 7 heteroatoms. The monoisotopic (exact) mass is 402 g/mol. The highest BCUT2D eigenvalue weighted by atomic mass is 16.5. The molecule has 1 aliphatic heterocycles. The van der Waals surface area contributed by atoms with Crippen LogP contribution in [0.25, 0.3) is 22.2 Å². The normalized spacial score (nSPS) is 19.4. The van der Waals surface area contributed by atoms with Gasteiger partial charge in [-0.05, 0) is 35.6 Å². The number of aliphatic hydroxyl groups is 1. The van der Waals surface area contributed by atoms with Crippen LogP contribution in [0.15, 0.2) is 65.4 Å². The number of hydrogen-bond acceptors (Lipinski definition) is 7. The molecule has 1 N–H and O–H groups in total. The summed E-state index contributed by atoms with van der Waals surface area (Å²) in [7, 11) is 1.68. The van der Waals surface area contributed by atoms with Crippen molar-refractivity contribution in [2.24, 2.45) is 0 Å². The number of rotatable bonds is 5. The topological polar surface area (TPSA) is 84.5 Å². The average molecular weight is 402 g/mol. The van der Waals surface area contributed by atoms with Crippen LogP contribution < -0.4 is 4.74 Å². The van der Waals surface area contributed by atoms with Gasteiger partial charge in [-0.25, -0.2) is 0 Å². The van der Waals surface area contributed by atoms with Crippen LogP contribution in [0, 0.1) is 0 Å². The van der Waals surface area contributed by atoms with E-state index in [1.807, 2.05) is 30.3 Å². The molecular formula is C23H22N4O3. The zero-order valence-electron chi connectivity index (χ0n) is 16.6. The average Bonchev–Trinajstić information content (AvgIpc) is 3.41. The molecule has 0 spiro atoms. The van der Waals surface area contributed by atoms with E-state index in [0.717, 1.165) is 22.1 Å². The highest BCUT2D eigenvalue weighted by Crippen LogP contribution is 2.36. The highest BCUT2D eigenvalue weighted by molar-refractivity contribution is 5.91. The van der Waals surface area contributed by atoms with Gasteiger partial charge < -0.3 is 14.4 Å². The van der Waals surface area contributed by atoms with Crippen LogP contribution in [0.1, 0.15) is 23.9 Å². The Bertz CT molecular complexity index is 1160. The minimum absolute atomic E-state index is 0.135. The third-order valence-electron chi connectivity index (χ3n) is 5.61. The summed E-state index contributed by atoms with van der Waals surface area (Å²) in [5, 5.41) is 16.7. The molecular weight excluding hydrogens is 380 g/mol. The summed E-state index contributed by atoms with van der Waals surface area (Å²) < 4.78 is 11.1. The Morgan fingerprint density at radius 2 is 1.90 bits per heavy atom. The van der Waals surface area contributed by atoms with E-state index >= 15 is 0 Å². The second-order valence-corrected chi connectivity index (χ2v) is 7.50. The third-order valence-corrected chi connectivity index (χ3v) is 5.61. The molecule has 1 saturated heterocycles. The van der Waals surface area contributed by atoms with Crippen molar-refractivity contribution in [3.63, 3.8) is 0 Å². The van der Waals surface area contributed by atoms with Gasteiger partial charge in [0.1, 0.15) is 5.75 Å². The number of fused-ring (bicyclic) bond motifs is 1. The van der Waals surface area contributed by atoms with Gasteiger partial charge >= 0.3 is 0 Å². The Morgan fingerprint density at radius 1 is 1.10 bits per heavy atom. The number of hydrogen-bond donors (Lipinski definition) is 1. The highest BCUT2D eigenvalue weighted by Gasteiger charge is 2.36. The number of nitrogens with zero attached hydrogens (tertiary/aromatic N) is 4. The van der Waals surface area contributed by atoms with E-state index in [2.05, 4.69) is 38.2 Å². The van der Waals surface area contributed by atoms with Gasteiger partial charge in [0, 0.05) is 36.4 Å². The molecule has 0 radical (unpaired) electrons. The van der Waals surface area contributed by atoms with Crippen LogP contribution in [0.3, 0.4) is 0 Å². The maximum absolute atomic E-state index is 10.4. The lowest BCUT2D eigenvalue weighted by Gasteiger charge is -2.22. The SMILES string of the molecule is COc1ccc(CN2C[C@H](O)C[C@H]2c2nc(-c3ccncc3)no2)c2ccccc12. The number of likely N-dealkylation sites (tertiary alicyclic amines) is 1. The van der Waals surface area contributed by atoms with E-state index in [9.17, 15) is 5.11 Å². The van der Waals surface area contributed by atoms with Crippen LogP contribution in [0.5, 0.6) is 5.75 Å². The molecule has 0 amide bonds. The summed E-state index contributed by atoms with van der Waals surface area (Å²) in [6.07, 6.45) is 3.53. The fourth-order valence-electron chi connectivity index (χ4n) is 4.17. The van der Waals surface area contributed by atoms with Gasteiger partial charge in [0.2, 0.25) is 11.7 Å². The quantitative estimate of drug-likeness (QED) is 0.546. The Labute approximate surface area is 173 Å². The molecule has 0 saturated carbocycles. The van der Waals surface area contributed by atoms with Gasteiger partial charge in [-0.3, -0.25) is 9.88 Å². The second-order valence-electron chi connectivity index (χ2n) is 7.50.